The van der Waals surface area contributed by atoms with Gasteiger partial charge < -0.3 is 0 Å². The zero-order valence-corrected chi connectivity index (χ0v) is 8.26. The molecule has 0 nitrogen and oxygen atoms in total. The maximum atomic E-state index is 4.78. The first-order valence-electron chi connectivity index (χ1n) is 1.79. The summed E-state index contributed by atoms with van der Waals surface area (Å²) in [6.07, 6.45) is 0. The van der Waals surface area contributed by atoms with Crippen molar-refractivity contribution in [3.8, 4) is 0 Å². The van der Waals surface area contributed by atoms with Gasteiger partial charge >= 0.3 is 0 Å². The van der Waals surface area contributed by atoms with Crippen LogP contribution in [-0.2, 0) is 0 Å². The molecule has 0 amide bonds. The molecule has 0 saturated carbocycles. The van der Waals surface area contributed by atoms with Crippen LogP contribution in [0.3, 0.4) is 0 Å². The van der Waals surface area contributed by atoms with Gasteiger partial charge in [0, 0.05) is 9.52 Å². The molecule has 3 heteroatoms. The van der Waals surface area contributed by atoms with Crippen LogP contribution in [0.1, 0.15) is 0 Å². The normalized spacial score (nSPS) is 5.40. The summed E-state index contributed by atoms with van der Waals surface area (Å²) in [5.74, 6) is 0. The minimum atomic E-state index is 0.417. The molecule has 0 radical (unpaired) electrons. The predicted molar refractivity (Wildman–Crippen MR) is 36.1 cm³/mol. The molecule has 0 aromatic heterocycles. The molecule has 0 heterocycles. The summed E-state index contributed by atoms with van der Waals surface area (Å²) in [6, 6.07) is 0. The number of hydrogen-bond donors (Lipinski definition) is 0. The molecule has 0 aliphatic carbocycles. The average molecular weight is 127 g/mol. The van der Waals surface area contributed by atoms with E-state index < -0.39 is 0 Å². The molecule has 34 valence electrons. The summed E-state index contributed by atoms with van der Waals surface area (Å²) in [6.45, 7) is 4.53. The van der Waals surface area contributed by atoms with E-state index in [-0.39, 0.29) is 0 Å². The van der Waals surface area contributed by atoms with E-state index in [0.29, 0.717) is 9.52 Å². The van der Waals surface area contributed by atoms with Gasteiger partial charge in [-0.25, -0.2) is 0 Å². The number of halogens is 1. The number of rotatable bonds is 0. The Hall–Kier alpha value is 0.724. The Bertz CT molecular complexity index is 7.61. The van der Waals surface area contributed by atoms with Gasteiger partial charge in [-0.05, 0) is 0 Å². The maximum Gasteiger partial charge on any atom is 0.109 e. The molecule has 0 aromatic carbocycles. The van der Waals surface area contributed by atoms with E-state index in [0.717, 1.165) is 9.55 Å². The van der Waals surface area contributed by atoms with Crippen molar-refractivity contribution < 1.29 is 0 Å². The van der Waals surface area contributed by atoms with Gasteiger partial charge in [0.1, 0.15) is 9.55 Å². The van der Waals surface area contributed by atoms with Gasteiger partial charge in [0.2, 0.25) is 0 Å². The predicted octanol–water partition coefficient (Wildman–Crippen LogP) is -0.243. The van der Waals surface area contributed by atoms with Crippen molar-refractivity contribution in [1.82, 2.24) is 0 Å². The molecule has 0 N–H and O–H groups in total. The summed E-state index contributed by atoms with van der Waals surface area (Å²) in [4.78, 5) is 0. The van der Waals surface area contributed by atoms with Crippen molar-refractivity contribution >= 4 is 30.2 Å². The van der Waals surface area contributed by atoms with E-state index in [4.69, 9.17) is 11.1 Å². The van der Waals surface area contributed by atoms with Crippen LogP contribution in [0.2, 0.25) is 13.1 Å². The van der Waals surface area contributed by atoms with E-state index in [1.165, 1.54) is 0 Å². The zero-order chi connectivity index (χ0) is 4.71. The smallest absolute Gasteiger partial charge is 0.109 e. The third kappa shape index (κ3) is 66.9. The third-order valence-electron chi connectivity index (χ3n) is 0. The molecule has 5 heavy (non-hydrogen) atoms. The standard InChI is InChI=1S/C2H8Si.ClH3Si/c1-3-2;1-2/h3H2,1-2H3;2H3. The summed E-state index contributed by atoms with van der Waals surface area (Å²) in [7, 11) is 1.19. The molecule has 0 rings (SSSR count). The zero-order valence-electron chi connectivity index (χ0n) is 4.09. The van der Waals surface area contributed by atoms with Gasteiger partial charge in [-0.3, -0.25) is 0 Å². The highest BCUT2D eigenvalue weighted by atomic mass is 35.6. The third-order valence-corrected chi connectivity index (χ3v) is 0. The first-order valence-corrected chi connectivity index (χ1v) is 7.64. The fourth-order valence-corrected chi connectivity index (χ4v) is 0. The topological polar surface area (TPSA) is 0 Å². The molecular formula is C2H11ClSi2. The quantitative estimate of drug-likeness (QED) is 0.311. The Morgan fingerprint density at radius 2 is 1.40 bits per heavy atom. The minimum Gasteiger partial charge on any atom is -0.181 e. The van der Waals surface area contributed by atoms with E-state index in [9.17, 15) is 0 Å². The van der Waals surface area contributed by atoms with Crippen LogP contribution in [0.4, 0.5) is 0 Å². The minimum absolute atomic E-state index is 0.417. The van der Waals surface area contributed by atoms with Crippen LogP contribution in [-0.4, -0.2) is 19.1 Å². The van der Waals surface area contributed by atoms with Gasteiger partial charge in [-0.15, -0.1) is 0 Å². The second-order valence-electron chi connectivity index (χ2n) is 0.707. The lowest BCUT2D eigenvalue weighted by molar-refractivity contribution is 2.14. The summed E-state index contributed by atoms with van der Waals surface area (Å²) < 4.78 is 0. The molecule has 0 fully saturated rings. The average Bonchev–Trinajstić information content (AvgIpc) is 1.46. The van der Waals surface area contributed by atoms with Gasteiger partial charge in [0.25, 0.3) is 0 Å². The fourth-order valence-electron chi connectivity index (χ4n) is 0. The Kier molecular flexibility index (Phi) is 40.6. The van der Waals surface area contributed by atoms with Crippen LogP contribution >= 0.6 is 11.1 Å². The molecule has 0 aliphatic rings. The molecule has 0 atom stereocenters. The Labute approximate surface area is 43.9 Å². The van der Waals surface area contributed by atoms with Crippen LogP contribution in [0.15, 0.2) is 0 Å². The highest BCUT2D eigenvalue weighted by Gasteiger charge is 1.38. The summed E-state index contributed by atoms with van der Waals surface area (Å²) >= 11 is 4.78. The van der Waals surface area contributed by atoms with Crippen LogP contribution < -0.4 is 0 Å². The van der Waals surface area contributed by atoms with Crippen molar-refractivity contribution in [1.29, 1.82) is 0 Å². The largest absolute Gasteiger partial charge is 0.181 e. The lowest BCUT2D eigenvalue weighted by Gasteiger charge is -1.45. The van der Waals surface area contributed by atoms with E-state index in [2.05, 4.69) is 13.1 Å². The Balaban J connectivity index is 0. The Morgan fingerprint density at radius 1 is 1.40 bits per heavy atom. The molecule has 0 spiro atoms. The van der Waals surface area contributed by atoms with Crippen LogP contribution in [0.5, 0.6) is 0 Å². The monoisotopic (exact) mass is 126 g/mol. The van der Waals surface area contributed by atoms with Crippen molar-refractivity contribution in [2.24, 2.45) is 0 Å². The van der Waals surface area contributed by atoms with Gasteiger partial charge in [0.05, 0.1) is 0 Å². The first kappa shape index (κ1) is 9.21. The maximum absolute atomic E-state index is 4.78. The Morgan fingerprint density at radius 3 is 1.40 bits per heavy atom. The van der Waals surface area contributed by atoms with Gasteiger partial charge in [-0.1, -0.05) is 13.1 Å². The van der Waals surface area contributed by atoms with Crippen molar-refractivity contribution in [2.45, 2.75) is 13.1 Å². The lowest BCUT2D eigenvalue weighted by atomic mass is 11.9. The molecular weight excluding hydrogens is 116 g/mol. The van der Waals surface area contributed by atoms with Gasteiger partial charge in [0.15, 0.2) is 0 Å². The SMILES string of the molecule is C[SiH2]C.[SiH3]Cl. The molecule has 0 saturated heterocycles. The lowest BCUT2D eigenvalue weighted by Crippen LogP contribution is -1.53. The van der Waals surface area contributed by atoms with Crippen LogP contribution in [0.25, 0.3) is 0 Å². The molecule has 0 aromatic rings. The van der Waals surface area contributed by atoms with Crippen molar-refractivity contribution in [3.05, 3.63) is 0 Å². The van der Waals surface area contributed by atoms with Crippen LogP contribution in [0, 0.1) is 0 Å². The number of hydrogen-bond acceptors (Lipinski definition) is 0. The first-order chi connectivity index (χ1) is 2.41. The van der Waals surface area contributed by atoms with E-state index in [1.54, 1.807) is 0 Å². The van der Waals surface area contributed by atoms with Crippen molar-refractivity contribution in [2.75, 3.05) is 0 Å². The molecule has 0 bridgehead atoms. The second-order valence-corrected chi connectivity index (χ2v) is 2.12. The highest BCUT2D eigenvalue weighted by Crippen LogP contribution is 1.36. The molecule has 0 aliphatic heterocycles. The fraction of sp³-hybridized carbons (Fsp3) is 1.00. The van der Waals surface area contributed by atoms with Crippen molar-refractivity contribution in [3.63, 3.8) is 0 Å². The summed E-state index contributed by atoms with van der Waals surface area (Å²) in [5.41, 5.74) is 0. The van der Waals surface area contributed by atoms with E-state index in [1.807, 2.05) is 0 Å². The highest BCUT2D eigenvalue weighted by molar-refractivity contribution is 6.80. The molecule has 0 unspecified atom stereocenters. The second kappa shape index (κ2) is 22.0. The summed E-state index contributed by atoms with van der Waals surface area (Å²) in [5, 5.41) is 0. The van der Waals surface area contributed by atoms with E-state index >= 15 is 0 Å². The van der Waals surface area contributed by atoms with Gasteiger partial charge in [-0.2, -0.15) is 11.1 Å².